The maximum atomic E-state index is 12.8. The molecule has 5 amide bonds. The van der Waals surface area contributed by atoms with E-state index in [2.05, 4.69) is 15.3 Å². The van der Waals surface area contributed by atoms with E-state index in [4.69, 9.17) is 0 Å². The summed E-state index contributed by atoms with van der Waals surface area (Å²) in [4.78, 5) is 62.4. The van der Waals surface area contributed by atoms with Gasteiger partial charge in [0.05, 0.1) is 0 Å². The number of aryl methyl sites for hydroxylation is 2. The predicted octanol–water partition coefficient (Wildman–Crippen LogP) is 0.0983. The Morgan fingerprint density at radius 2 is 1.72 bits per heavy atom. The molecule has 1 aromatic heterocycles. The van der Waals surface area contributed by atoms with Crippen LogP contribution in [-0.2, 0) is 9.59 Å². The number of nitrogens with zero attached hydrogens (tertiary/aromatic N) is 5. The number of carbonyl (C=O) groups is 4. The molecule has 2 saturated heterocycles. The molecular formula is C19H26N6O4. The second-order valence-electron chi connectivity index (χ2n) is 7.91. The van der Waals surface area contributed by atoms with Crippen molar-refractivity contribution in [3.63, 3.8) is 0 Å². The van der Waals surface area contributed by atoms with E-state index in [9.17, 15) is 19.2 Å². The van der Waals surface area contributed by atoms with Crippen molar-refractivity contribution in [3.05, 3.63) is 23.3 Å². The van der Waals surface area contributed by atoms with Crippen molar-refractivity contribution in [1.29, 1.82) is 0 Å². The van der Waals surface area contributed by atoms with Crippen LogP contribution in [0.2, 0.25) is 0 Å². The molecule has 10 nitrogen and oxygen atoms in total. The van der Waals surface area contributed by atoms with Crippen LogP contribution < -0.4 is 5.32 Å². The summed E-state index contributed by atoms with van der Waals surface area (Å²) in [5.74, 6) is -0.383. The number of rotatable bonds is 3. The molecule has 29 heavy (non-hydrogen) atoms. The lowest BCUT2D eigenvalue weighted by atomic mass is 10.1. The van der Waals surface area contributed by atoms with E-state index in [0.29, 0.717) is 44.1 Å². The summed E-state index contributed by atoms with van der Waals surface area (Å²) in [6.07, 6.45) is 0.603. The Labute approximate surface area is 169 Å². The van der Waals surface area contributed by atoms with Crippen molar-refractivity contribution in [2.45, 2.75) is 39.7 Å². The van der Waals surface area contributed by atoms with Crippen LogP contribution in [0.5, 0.6) is 0 Å². The van der Waals surface area contributed by atoms with Crippen LogP contribution in [0.4, 0.5) is 4.79 Å². The number of hydrogen-bond donors (Lipinski definition) is 1. The molecule has 1 aromatic rings. The van der Waals surface area contributed by atoms with E-state index in [0.717, 1.165) is 10.6 Å². The van der Waals surface area contributed by atoms with E-state index >= 15 is 0 Å². The molecule has 2 aliphatic rings. The van der Waals surface area contributed by atoms with E-state index in [1.807, 2.05) is 6.92 Å². The maximum Gasteiger partial charge on any atom is 0.325 e. The molecule has 2 fully saturated rings. The van der Waals surface area contributed by atoms with Crippen molar-refractivity contribution in [2.24, 2.45) is 0 Å². The molecule has 0 radical (unpaired) electrons. The zero-order valence-electron chi connectivity index (χ0n) is 17.2. The molecule has 0 aromatic carbocycles. The summed E-state index contributed by atoms with van der Waals surface area (Å²) in [6, 6.07) is 1.09. The molecule has 0 atom stereocenters. The van der Waals surface area contributed by atoms with Crippen molar-refractivity contribution >= 4 is 23.8 Å². The Morgan fingerprint density at radius 3 is 2.34 bits per heavy atom. The van der Waals surface area contributed by atoms with Gasteiger partial charge in [-0.1, -0.05) is 0 Å². The van der Waals surface area contributed by atoms with Gasteiger partial charge >= 0.3 is 6.03 Å². The van der Waals surface area contributed by atoms with Gasteiger partial charge in [0.15, 0.2) is 0 Å². The summed E-state index contributed by atoms with van der Waals surface area (Å²) in [6.45, 7) is 8.10. The first-order chi connectivity index (χ1) is 13.6. The van der Waals surface area contributed by atoms with E-state index < -0.39 is 17.5 Å². The zero-order chi connectivity index (χ0) is 21.3. The van der Waals surface area contributed by atoms with Gasteiger partial charge in [0, 0.05) is 31.9 Å². The van der Waals surface area contributed by atoms with Gasteiger partial charge in [-0.05, 0) is 40.2 Å². The number of amides is 5. The molecule has 2 aliphatic heterocycles. The van der Waals surface area contributed by atoms with E-state index in [-0.39, 0.29) is 18.4 Å². The van der Waals surface area contributed by atoms with E-state index in [1.54, 1.807) is 36.6 Å². The van der Waals surface area contributed by atoms with Gasteiger partial charge in [0.1, 0.15) is 23.6 Å². The lowest BCUT2D eigenvalue weighted by molar-refractivity contribution is -0.138. The Bertz CT molecular complexity index is 848. The van der Waals surface area contributed by atoms with Crippen LogP contribution >= 0.6 is 0 Å². The van der Waals surface area contributed by atoms with Crippen LogP contribution in [0, 0.1) is 13.8 Å². The fourth-order valence-corrected chi connectivity index (χ4v) is 3.56. The molecular weight excluding hydrogens is 376 g/mol. The molecule has 0 bridgehead atoms. The lowest BCUT2D eigenvalue weighted by Gasteiger charge is -2.24. The van der Waals surface area contributed by atoms with Gasteiger partial charge in [-0.2, -0.15) is 0 Å². The highest BCUT2D eigenvalue weighted by molar-refractivity contribution is 6.08. The standard InChI is InChI=1S/C19H26N6O4/c1-12-10-14(21-13(2)20-12)16(27)24-7-5-6-23(8-9-24)15(26)11-25-17(28)19(3,4)22-18(25)29/h10H,5-9,11H2,1-4H3,(H,22,29). The first-order valence-corrected chi connectivity index (χ1v) is 9.62. The average Bonchev–Trinajstić information content (AvgIpc) is 2.83. The number of imide groups is 1. The first-order valence-electron chi connectivity index (χ1n) is 9.62. The highest BCUT2D eigenvalue weighted by Gasteiger charge is 2.45. The minimum absolute atomic E-state index is 0.191. The summed E-state index contributed by atoms with van der Waals surface area (Å²) >= 11 is 0. The van der Waals surface area contributed by atoms with E-state index in [1.165, 1.54) is 0 Å². The molecule has 156 valence electrons. The zero-order valence-corrected chi connectivity index (χ0v) is 17.2. The minimum atomic E-state index is -1.01. The van der Waals surface area contributed by atoms with Gasteiger partial charge in [-0.25, -0.2) is 14.8 Å². The molecule has 10 heteroatoms. The predicted molar refractivity (Wildman–Crippen MR) is 103 cm³/mol. The van der Waals surface area contributed by atoms with Crippen LogP contribution in [0.3, 0.4) is 0 Å². The second kappa shape index (κ2) is 7.76. The van der Waals surface area contributed by atoms with Crippen LogP contribution in [-0.4, -0.2) is 86.7 Å². The number of nitrogens with one attached hydrogen (secondary N) is 1. The number of aromatic nitrogens is 2. The Morgan fingerprint density at radius 1 is 1.07 bits per heavy atom. The summed E-state index contributed by atoms with van der Waals surface area (Å²) in [5, 5.41) is 2.56. The molecule has 0 unspecified atom stereocenters. The van der Waals surface area contributed by atoms with Gasteiger partial charge in [-0.15, -0.1) is 0 Å². The normalized spacial score (nSPS) is 19.2. The van der Waals surface area contributed by atoms with Gasteiger partial charge in [0.2, 0.25) is 5.91 Å². The quantitative estimate of drug-likeness (QED) is 0.717. The van der Waals surface area contributed by atoms with Gasteiger partial charge in [0.25, 0.3) is 11.8 Å². The summed E-state index contributed by atoms with van der Waals surface area (Å²) in [7, 11) is 0. The molecule has 3 heterocycles. The molecule has 3 rings (SSSR count). The molecule has 0 spiro atoms. The van der Waals surface area contributed by atoms with Crippen LogP contribution in [0.1, 0.15) is 42.3 Å². The third-order valence-electron chi connectivity index (χ3n) is 5.06. The average molecular weight is 402 g/mol. The smallest absolute Gasteiger partial charge is 0.325 e. The Balaban J connectivity index is 1.62. The van der Waals surface area contributed by atoms with Crippen molar-refractivity contribution < 1.29 is 19.2 Å². The number of urea groups is 1. The topological polar surface area (TPSA) is 116 Å². The van der Waals surface area contributed by atoms with Crippen molar-refractivity contribution in [2.75, 3.05) is 32.7 Å². The third-order valence-corrected chi connectivity index (χ3v) is 5.06. The molecule has 1 N–H and O–H groups in total. The van der Waals surface area contributed by atoms with Gasteiger partial charge < -0.3 is 15.1 Å². The monoisotopic (exact) mass is 402 g/mol. The van der Waals surface area contributed by atoms with Crippen LogP contribution in [0.25, 0.3) is 0 Å². The highest BCUT2D eigenvalue weighted by Crippen LogP contribution is 2.17. The third kappa shape index (κ3) is 4.36. The summed E-state index contributed by atoms with van der Waals surface area (Å²) in [5.41, 5.74) is 0.0629. The first kappa shape index (κ1) is 20.7. The summed E-state index contributed by atoms with van der Waals surface area (Å²) < 4.78 is 0. The molecule has 0 aliphatic carbocycles. The van der Waals surface area contributed by atoms with Crippen LogP contribution in [0.15, 0.2) is 6.07 Å². The SMILES string of the molecule is Cc1cc(C(=O)N2CCCN(C(=O)CN3C(=O)NC(C)(C)C3=O)CC2)nc(C)n1. The lowest BCUT2D eigenvalue weighted by Crippen LogP contribution is -2.45. The number of carbonyl (C=O) groups excluding carboxylic acids is 4. The van der Waals surface area contributed by atoms with Crippen molar-refractivity contribution in [3.8, 4) is 0 Å². The second-order valence-corrected chi connectivity index (χ2v) is 7.91. The highest BCUT2D eigenvalue weighted by atomic mass is 16.2. The molecule has 0 saturated carbocycles. The fourth-order valence-electron chi connectivity index (χ4n) is 3.56. The number of hydrogen-bond acceptors (Lipinski definition) is 6. The maximum absolute atomic E-state index is 12.8. The Hall–Kier alpha value is -3.04. The Kier molecular flexibility index (Phi) is 5.54. The largest absolute Gasteiger partial charge is 0.339 e. The van der Waals surface area contributed by atoms with Gasteiger partial charge in [-0.3, -0.25) is 19.3 Å². The fraction of sp³-hybridized carbons (Fsp3) is 0.579. The minimum Gasteiger partial charge on any atom is -0.339 e. The van der Waals surface area contributed by atoms with Crippen molar-refractivity contribution in [1.82, 2.24) is 30.0 Å².